The molecular formula is C38H49N5O10S. The zero-order valence-corrected chi connectivity index (χ0v) is 32.3. The molecule has 4 amide bonds. The van der Waals surface area contributed by atoms with Crippen molar-refractivity contribution in [1.82, 2.24) is 25.2 Å². The van der Waals surface area contributed by atoms with Crippen LogP contribution in [0.2, 0.25) is 0 Å². The predicted octanol–water partition coefficient (Wildman–Crippen LogP) is 3.47. The Morgan fingerprint density at radius 1 is 1.15 bits per heavy atom. The number of likely N-dealkylation sites (tertiary alicyclic amines) is 1. The average Bonchev–Trinajstić information content (AvgIpc) is 4.05. The summed E-state index contributed by atoms with van der Waals surface area (Å²) in [7, 11) is -2.38. The van der Waals surface area contributed by atoms with Gasteiger partial charge in [0.1, 0.15) is 35.1 Å². The Hall–Kier alpha value is -4.99. The minimum atomic E-state index is -3.93. The molecule has 16 heteroatoms. The van der Waals surface area contributed by atoms with Gasteiger partial charge in [0.25, 0.3) is 5.91 Å². The number of carbonyl (C=O) groups is 5. The van der Waals surface area contributed by atoms with Gasteiger partial charge in [-0.2, -0.15) is 0 Å². The number of fused-ring (bicyclic) bond motifs is 1. The molecule has 1 aliphatic heterocycles. The first-order valence-electron chi connectivity index (χ1n) is 18.0. The van der Waals surface area contributed by atoms with Crippen molar-refractivity contribution >= 4 is 50.4 Å². The van der Waals surface area contributed by atoms with Gasteiger partial charge in [-0.1, -0.05) is 12.2 Å². The lowest BCUT2D eigenvalue weighted by Gasteiger charge is -2.30. The first kappa shape index (κ1) is 40.2. The zero-order chi connectivity index (χ0) is 39.6. The number of hydrogen-bond donors (Lipinski definition) is 3. The molecule has 1 aromatic heterocycles. The monoisotopic (exact) mass is 767 g/mol. The van der Waals surface area contributed by atoms with Crippen LogP contribution < -0.4 is 24.8 Å². The molecule has 5 atom stereocenters. The Morgan fingerprint density at radius 2 is 1.87 bits per heavy atom. The summed E-state index contributed by atoms with van der Waals surface area (Å²) in [6.45, 7) is 12.0. The van der Waals surface area contributed by atoms with Crippen LogP contribution in [-0.4, -0.2) is 96.1 Å². The van der Waals surface area contributed by atoms with E-state index in [0.717, 1.165) is 5.39 Å². The number of aromatic nitrogens is 1. The van der Waals surface area contributed by atoms with Gasteiger partial charge in [0.05, 0.1) is 18.9 Å². The number of ether oxygens (including phenoxy) is 3. The molecule has 0 bridgehead atoms. The van der Waals surface area contributed by atoms with Crippen LogP contribution in [0.3, 0.4) is 0 Å². The molecule has 5 rings (SSSR count). The summed E-state index contributed by atoms with van der Waals surface area (Å²) in [5, 5.41) is 6.11. The number of nitrogens with one attached hydrogen (secondary N) is 3. The van der Waals surface area contributed by atoms with Crippen LogP contribution in [0.5, 0.6) is 11.6 Å². The number of nitrogens with zero attached hydrogens (tertiary/aromatic N) is 2. The summed E-state index contributed by atoms with van der Waals surface area (Å²) in [5.41, 5.74) is -2.01. The molecule has 3 fully saturated rings. The van der Waals surface area contributed by atoms with Crippen LogP contribution in [0.1, 0.15) is 73.1 Å². The van der Waals surface area contributed by atoms with Crippen molar-refractivity contribution in [3.8, 4) is 11.6 Å². The molecule has 1 aromatic carbocycles. The van der Waals surface area contributed by atoms with Crippen LogP contribution in [0.4, 0.5) is 4.79 Å². The lowest BCUT2D eigenvalue weighted by atomic mass is 10.0. The lowest BCUT2D eigenvalue weighted by molar-refractivity contribution is -0.141. The van der Waals surface area contributed by atoms with Crippen LogP contribution in [0.25, 0.3) is 10.8 Å². The molecule has 15 nitrogen and oxygen atoms in total. The third kappa shape index (κ3) is 9.20. The normalized spacial score (nSPS) is 23.2. The summed E-state index contributed by atoms with van der Waals surface area (Å²) >= 11 is 0. The fraction of sp³-hybridized carbons (Fsp3) is 0.526. The summed E-state index contributed by atoms with van der Waals surface area (Å²) in [6, 6.07) is 4.62. The van der Waals surface area contributed by atoms with Gasteiger partial charge in [-0.3, -0.25) is 23.9 Å². The van der Waals surface area contributed by atoms with Crippen LogP contribution >= 0.6 is 0 Å². The van der Waals surface area contributed by atoms with E-state index in [4.69, 9.17) is 14.2 Å². The summed E-state index contributed by atoms with van der Waals surface area (Å²) in [6.07, 6.45) is 3.75. The SMILES string of the molecule is C=CC1C[C@]1(NC(=O)[C@@H]1C[C@@H](Oc2nccc3cc(OC)ccc23)CN1C(=O)[C@H](CCC(=O)/C(C)=C/C)NC(=O)OC(C)(C)C)C(=O)NS(=O)(=O)C1CC1. The highest BCUT2D eigenvalue weighted by atomic mass is 32.2. The van der Waals surface area contributed by atoms with Crippen LogP contribution in [0.15, 0.2) is 54.8 Å². The largest absolute Gasteiger partial charge is 0.497 e. The van der Waals surface area contributed by atoms with Crippen LogP contribution in [0, 0.1) is 5.92 Å². The minimum absolute atomic E-state index is 0.0433. The molecular weight excluding hydrogens is 719 g/mol. The number of rotatable bonds is 15. The quantitative estimate of drug-likeness (QED) is 0.177. The Morgan fingerprint density at radius 3 is 2.48 bits per heavy atom. The van der Waals surface area contributed by atoms with Gasteiger partial charge in [-0.25, -0.2) is 18.2 Å². The second kappa shape index (κ2) is 15.8. The number of pyridine rings is 1. The average molecular weight is 768 g/mol. The minimum Gasteiger partial charge on any atom is -0.497 e. The Labute approximate surface area is 315 Å². The van der Waals surface area contributed by atoms with Crippen molar-refractivity contribution in [3.05, 3.63) is 54.8 Å². The molecule has 54 heavy (non-hydrogen) atoms. The second-order valence-corrected chi connectivity index (χ2v) is 17.0. The zero-order valence-electron chi connectivity index (χ0n) is 31.5. The van der Waals surface area contributed by atoms with E-state index < -0.39 is 74.3 Å². The van der Waals surface area contributed by atoms with Gasteiger partial charge in [-0.05, 0) is 95.5 Å². The third-order valence-electron chi connectivity index (χ3n) is 9.83. The van der Waals surface area contributed by atoms with Crippen LogP contribution in [-0.2, 0) is 33.9 Å². The Kier molecular flexibility index (Phi) is 11.7. The van der Waals surface area contributed by atoms with Crippen molar-refractivity contribution in [2.24, 2.45) is 5.92 Å². The maximum atomic E-state index is 14.5. The van der Waals surface area contributed by atoms with E-state index in [1.807, 2.05) is 6.07 Å². The summed E-state index contributed by atoms with van der Waals surface area (Å²) in [5.74, 6) is -2.21. The number of carbonyl (C=O) groups excluding carboxylic acids is 5. The number of sulfonamides is 1. The maximum absolute atomic E-state index is 14.5. The van der Waals surface area contributed by atoms with Crippen molar-refractivity contribution in [1.29, 1.82) is 0 Å². The molecule has 1 saturated heterocycles. The number of allylic oxidation sites excluding steroid dienone is 2. The van der Waals surface area contributed by atoms with E-state index in [2.05, 4.69) is 26.9 Å². The van der Waals surface area contributed by atoms with E-state index in [9.17, 15) is 32.4 Å². The lowest BCUT2D eigenvalue weighted by Crippen LogP contribution is -2.58. The number of Topliss-reactive ketones (excluding diaryl/α,β-unsaturated/α-hetero) is 1. The Balaban J connectivity index is 1.45. The number of benzene rings is 1. The molecule has 3 N–H and O–H groups in total. The number of alkyl carbamates (subject to hydrolysis) is 1. The molecule has 2 aliphatic carbocycles. The molecule has 0 radical (unpaired) electrons. The number of ketones is 1. The Bertz CT molecular complexity index is 1970. The van der Waals surface area contributed by atoms with Gasteiger partial charge < -0.3 is 29.7 Å². The molecule has 2 saturated carbocycles. The van der Waals surface area contributed by atoms with Crippen molar-refractivity contribution in [2.45, 2.75) is 108 Å². The van der Waals surface area contributed by atoms with Crippen molar-refractivity contribution < 1.29 is 46.6 Å². The summed E-state index contributed by atoms with van der Waals surface area (Å²) in [4.78, 5) is 73.7. The highest BCUT2D eigenvalue weighted by Gasteiger charge is 2.62. The number of hydrogen-bond acceptors (Lipinski definition) is 11. The van der Waals surface area contributed by atoms with E-state index in [1.165, 1.54) is 11.0 Å². The molecule has 0 spiro atoms. The smallest absolute Gasteiger partial charge is 0.408 e. The molecule has 2 heterocycles. The first-order chi connectivity index (χ1) is 25.4. The fourth-order valence-corrected chi connectivity index (χ4v) is 7.81. The highest BCUT2D eigenvalue weighted by Crippen LogP contribution is 2.45. The van der Waals surface area contributed by atoms with Gasteiger partial charge in [0.2, 0.25) is 27.7 Å². The molecule has 2 aromatic rings. The van der Waals surface area contributed by atoms with Crippen molar-refractivity contribution in [3.63, 3.8) is 0 Å². The van der Waals surface area contributed by atoms with E-state index >= 15 is 0 Å². The summed E-state index contributed by atoms with van der Waals surface area (Å²) < 4.78 is 44.7. The topological polar surface area (TPSA) is 199 Å². The van der Waals surface area contributed by atoms with E-state index in [0.29, 0.717) is 29.6 Å². The standard InChI is InChI=1S/C38H49N5O10S/c1-8-22(3)31(44)15-14-29(40-36(48)53-37(4,5)6)34(46)43-21-26(52-33-28-13-10-25(51-7)18-23(28)16-17-39-33)19-30(43)32(45)41-38(20-24(38)9-2)35(47)42-54(49,50)27-11-12-27/h8-10,13,16-18,24,26-27,29-30H,2,11-12,14-15,19-21H2,1,3-7H3,(H,40,48)(H,41,45)(H,42,47)/b22-8+/t24?,26-,29+,30+,38-/m1/s1. The third-order valence-corrected chi connectivity index (χ3v) is 11.7. The fourth-order valence-electron chi connectivity index (χ4n) is 6.44. The highest BCUT2D eigenvalue weighted by molar-refractivity contribution is 7.91. The molecule has 3 aliphatic rings. The van der Waals surface area contributed by atoms with Gasteiger partial charge in [-0.15, -0.1) is 6.58 Å². The number of amides is 4. The van der Waals surface area contributed by atoms with Gasteiger partial charge in [0.15, 0.2) is 5.78 Å². The predicted molar refractivity (Wildman–Crippen MR) is 199 cm³/mol. The van der Waals surface area contributed by atoms with E-state index in [-0.39, 0.29) is 43.9 Å². The van der Waals surface area contributed by atoms with Gasteiger partial charge in [0, 0.05) is 30.3 Å². The second-order valence-electron chi connectivity index (χ2n) is 15.0. The molecule has 1 unspecified atom stereocenters. The molecule has 292 valence electrons. The van der Waals surface area contributed by atoms with Gasteiger partial charge >= 0.3 is 6.09 Å². The first-order valence-corrected chi connectivity index (χ1v) is 19.5. The van der Waals surface area contributed by atoms with Crippen molar-refractivity contribution in [2.75, 3.05) is 13.7 Å². The van der Waals surface area contributed by atoms with E-state index in [1.54, 1.807) is 72.2 Å². The number of methoxy groups -OCH3 is 1. The maximum Gasteiger partial charge on any atom is 0.408 e.